The van der Waals surface area contributed by atoms with Crippen molar-refractivity contribution in [2.24, 2.45) is 0 Å². The summed E-state index contributed by atoms with van der Waals surface area (Å²) in [5.74, 6) is -0.932. The molecule has 2 aromatic carbocycles. The van der Waals surface area contributed by atoms with Crippen molar-refractivity contribution in [2.45, 2.75) is 51.9 Å². The standard InChI is InChI=1S/C27H26Cl2N4O6/c1-26(2)22(36)30(13-16-5-9-18(10-6-16)20(28)34)24(38)32(26)15-33-25(39)31(23(37)27(33,3)4)14-17-7-11-19(12-8-17)21(29)35/h5-12H,13-15H2,1-4H3. The summed E-state index contributed by atoms with van der Waals surface area (Å²) < 4.78 is 0. The number of rotatable bonds is 8. The number of hydrogen-bond acceptors (Lipinski definition) is 6. The molecule has 2 heterocycles. The first-order valence-corrected chi connectivity index (χ1v) is 12.8. The summed E-state index contributed by atoms with van der Waals surface area (Å²) in [6.07, 6.45) is 0. The van der Waals surface area contributed by atoms with Crippen LogP contribution in [0, 0.1) is 0 Å². The molecule has 0 radical (unpaired) electrons. The van der Waals surface area contributed by atoms with Gasteiger partial charge in [0, 0.05) is 11.1 Å². The lowest BCUT2D eigenvalue weighted by Crippen LogP contribution is -2.55. The van der Waals surface area contributed by atoms with Gasteiger partial charge in [0.05, 0.1) is 13.1 Å². The number of halogens is 2. The Hall–Kier alpha value is -3.76. The SMILES string of the molecule is CC1(C)C(=O)N(Cc2ccc(C(=O)Cl)cc2)C(=O)N1CN1C(=O)N(Cc2ccc(C(=O)Cl)cc2)C(=O)C1(C)C. The van der Waals surface area contributed by atoms with Gasteiger partial charge >= 0.3 is 12.1 Å². The lowest BCUT2D eigenvalue weighted by atomic mass is 10.0. The minimum absolute atomic E-state index is 0.0441. The molecule has 0 N–H and O–H groups in total. The molecule has 39 heavy (non-hydrogen) atoms. The van der Waals surface area contributed by atoms with E-state index in [1.165, 1.54) is 34.1 Å². The van der Waals surface area contributed by atoms with Crippen LogP contribution in [-0.4, -0.2) is 71.7 Å². The van der Waals surface area contributed by atoms with E-state index in [2.05, 4.69) is 0 Å². The third kappa shape index (κ3) is 5.02. The molecular formula is C27H26Cl2N4O6. The van der Waals surface area contributed by atoms with Crippen molar-refractivity contribution in [3.05, 3.63) is 70.8 Å². The van der Waals surface area contributed by atoms with Gasteiger partial charge in [0.2, 0.25) is 0 Å². The van der Waals surface area contributed by atoms with Crippen LogP contribution in [0.1, 0.15) is 59.5 Å². The molecule has 2 aliphatic rings. The Morgan fingerprint density at radius 3 is 1.21 bits per heavy atom. The normalized spacial score (nSPS) is 18.4. The Morgan fingerprint density at radius 2 is 0.923 bits per heavy atom. The van der Waals surface area contributed by atoms with Crippen molar-refractivity contribution in [2.75, 3.05) is 6.67 Å². The first-order valence-electron chi connectivity index (χ1n) is 12.0. The maximum absolute atomic E-state index is 13.4. The molecule has 0 atom stereocenters. The second-order valence-electron chi connectivity index (χ2n) is 10.4. The second-order valence-corrected chi connectivity index (χ2v) is 11.1. The predicted octanol–water partition coefficient (Wildman–Crippen LogP) is 4.19. The molecule has 2 aromatic rings. The molecule has 2 fully saturated rings. The largest absolute Gasteiger partial charge is 0.329 e. The molecular weight excluding hydrogens is 547 g/mol. The predicted molar refractivity (Wildman–Crippen MR) is 142 cm³/mol. The number of carbonyl (C=O) groups excluding carboxylic acids is 6. The topological polar surface area (TPSA) is 115 Å². The van der Waals surface area contributed by atoms with Crippen molar-refractivity contribution in [1.82, 2.24) is 19.6 Å². The fourth-order valence-electron chi connectivity index (χ4n) is 4.58. The van der Waals surface area contributed by atoms with Crippen LogP contribution >= 0.6 is 23.2 Å². The Labute approximate surface area is 235 Å². The van der Waals surface area contributed by atoms with E-state index in [0.717, 1.165) is 9.80 Å². The van der Waals surface area contributed by atoms with Gasteiger partial charge in [-0.15, -0.1) is 0 Å². The second kappa shape index (κ2) is 10.1. The summed E-state index contributed by atoms with van der Waals surface area (Å²) in [6, 6.07) is 11.2. The van der Waals surface area contributed by atoms with Gasteiger partial charge in [-0.1, -0.05) is 24.3 Å². The van der Waals surface area contributed by atoms with Crippen LogP contribution in [-0.2, 0) is 22.7 Å². The van der Waals surface area contributed by atoms with Gasteiger partial charge in [-0.2, -0.15) is 0 Å². The maximum Gasteiger partial charge on any atom is 0.329 e. The lowest BCUT2D eigenvalue weighted by Gasteiger charge is -2.36. The van der Waals surface area contributed by atoms with Crippen molar-refractivity contribution < 1.29 is 28.8 Å². The number of hydrogen-bond donors (Lipinski definition) is 0. The summed E-state index contributed by atoms with van der Waals surface area (Å²) in [4.78, 5) is 80.7. The van der Waals surface area contributed by atoms with Crippen molar-refractivity contribution >= 4 is 57.6 Å². The zero-order valence-electron chi connectivity index (χ0n) is 21.7. The zero-order chi connectivity index (χ0) is 28.9. The Balaban J connectivity index is 1.54. The van der Waals surface area contributed by atoms with Crippen LogP contribution < -0.4 is 0 Å². The average molecular weight is 573 g/mol. The van der Waals surface area contributed by atoms with E-state index in [1.54, 1.807) is 52.0 Å². The lowest BCUT2D eigenvalue weighted by molar-refractivity contribution is -0.133. The van der Waals surface area contributed by atoms with Gasteiger partial charge in [0.15, 0.2) is 0 Å². The Morgan fingerprint density at radius 1 is 0.615 bits per heavy atom. The monoisotopic (exact) mass is 572 g/mol. The summed E-state index contributed by atoms with van der Waals surface area (Å²) in [6.45, 7) is 5.94. The van der Waals surface area contributed by atoms with Crippen LogP contribution in [0.5, 0.6) is 0 Å². The van der Waals surface area contributed by atoms with Crippen molar-refractivity contribution in [3.8, 4) is 0 Å². The van der Waals surface area contributed by atoms with Gasteiger partial charge in [-0.3, -0.25) is 38.8 Å². The number of urea groups is 2. The van der Waals surface area contributed by atoms with Gasteiger partial charge in [-0.25, -0.2) is 9.59 Å². The van der Waals surface area contributed by atoms with E-state index in [1.807, 2.05) is 0 Å². The molecule has 0 saturated carbocycles. The van der Waals surface area contributed by atoms with E-state index in [4.69, 9.17) is 23.2 Å². The number of carbonyl (C=O) groups is 6. The van der Waals surface area contributed by atoms with E-state index in [9.17, 15) is 28.8 Å². The summed E-state index contributed by atoms with van der Waals surface area (Å²) >= 11 is 11.0. The summed E-state index contributed by atoms with van der Waals surface area (Å²) in [5.41, 5.74) is -0.795. The van der Waals surface area contributed by atoms with Gasteiger partial charge in [0.1, 0.15) is 17.7 Å². The molecule has 0 bridgehead atoms. The molecule has 0 aliphatic carbocycles. The first-order chi connectivity index (χ1) is 18.2. The minimum atomic E-state index is -1.29. The number of benzene rings is 2. The molecule has 0 aromatic heterocycles. The Bertz CT molecular complexity index is 1280. The number of imide groups is 2. The van der Waals surface area contributed by atoms with Crippen molar-refractivity contribution in [3.63, 3.8) is 0 Å². The number of amides is 6. The molecule has 2 saturated heterocycles. The molecule has 0 spiro atoms. The molecule has 10 nitrogen and oxygen atoms in total. The average Bonchev–Trinajstić information content (AvgIpc) is 3.14. The van der Waals surface area contributed by atoms with Gasteiger partial charge in [0.25, 0.3) is 22.3 Å². The Kier molecular flexibility index (Phi) is 7.31. The first kappa shape index (κ1) is 28.3. The van der Waals surface area contributed by atoms with E-state index < -0.39 is 45.4 Å². The van der Waals surface area contributed by atoms with Crippen LogP contribution in [0.4, 0.5) is 9.59 Å². The van der Waals surface area contributed by atoms with Crippen LogP contribution in [0.2, 0.25) is 0 Å². The molecule has 4 rings (SSSR count). The van der Waals surface area contributed by atoms with Crippen molar-refractivity contribution in [1.29, 1.82) is 0 Å². The summed E-state index contributed by atoms with van der Waals surface area (Å²) in [5, 5.41) is -1.24. The highest BCUT2D eigenvalue weighted by atomic mass is 35.5. The van der Waals surface area contributed by atoms with E-state index >= 15 is 0 Å². The van der Waals surface area contributed by atoms with Crippen LogP contribution in [0.3, 0.4) is 0 Å². The zero-order valence-corrected chi connectivity index (χ0v) is 23.2. The van der Waals surface area contributed by atoms with Gasteiger partial charge in [-0.05, 0) is 86.3 Å². The fourth-order valence-corrected chi connectivity index (χ4v) is 4.83. The molecule has 0 unspecified atom stereocenters. The third-order valence-corrected chi connectivity index (χ3v) is 7.57. The highest BCUT2D eigenvalue weighted by molar-refractivity contribution is 6.68. The summed E-state index contributed by atoms with van der Waals surface area (Å²) in [7, 11) is 0. The smallest absolute Gasteiger partial charge is 0.292 e. The van der Waals surface area contributed by atoms with Gasteiger partial charge < -0.3 is 0 Å². The highest BCUT2D eigenvalue weighted by Gasteiger charge is 2.56. The number of nitrogens with zero attached hydrogens (tertiary/aromatic N) is 4. The van der Waals surface area contributed by atoms with E-state index in [0.29, 0.717) is 11.1 Å². The minimum Gasteiger partial charge on any atom is -0.292 e. The maximum atomic E-state index is 13.4. The molecule has 6 amide bonds. The molecule has 204 valence electrons. The van der Waals surface area contributed by atoms with E-state index in [-0.39, 0.29) is 30.9 Å². The van der Waals surface area contributed by atoms with Crippen LogP contribution in [0.15, 0.2) is 48.5 Å². The van der Waals surface area contributed by atoms with Crippen LogP contribution in [0.25, 0.3) is 0 Å². The quantitative estimate of drug-likeness (QED) is 0.346. The third-order valence-electron chi connectivity index (χ3n) is 7.14. The fraction of sp³-hybridized carbons (Fsp3) is 0.333. The highest BCUT2D eigenvalue weighted by Crippen LogP contribution is 2.34. The molecule has 2 aliphatic heterocycles. The molecule has 12 heteroatoms.